The van der Waals surface area contributed by atoms with Crippen molar-refractivity contribution in [2.45, 2.75) is 19.4 Å². The molecule has 24 heavy (non-hydrogen) atoms. The van der Waals surface area contributed by atoms with E-state index in [0.717, 1.165) is 36.5 Å². The quantitative estimate of drug-likeness (QED) is 0.828. The van der Waals surface area contributed by atoms with Crippen LogP contribution in [0.3, 0.4) is 0 Å². The largest absolute Gasteiger partial charge is 0.490 e. The first-order chi connectivity index (χ1) is 11.6. The highest BCUT2D eigenvalue weighted by molar-refractivity contribution is 6.01. The maximum absolute atomic E-state index is 12.8. The van der Waals surface area contributed by atoms with Crippen molar-refractivity contribution in [3.8, 4) is 5.75 Å². The van der Waals surface area contributed by atoms with Gasteiger partial charge in [-0.15, -0.1) is 0 Å². The molecule has 5 heteroatoms. The van der Waals surface area contributed by atoms with Gasteiger partial charge < -0.3 is 10.1 Å². The van der Waals surface area contributed by atoms with Crippen LogP contribution < -0.4 is 10.1 Å². The number of carbonyl (C=O) groups is 1. The van der Waals surface area contributed by atoms with Gasteiger partial charge in [0.15, 0.2) is 5.78 Å². The Kier molecular flexibility index (Phi) is 5.11. The normalized spacial score (nSPS) is 14.5. The van der Waals surface area contributed by atoms with Gasteiger partial charge in [-0.25, -0.2) is 0 Å². The van der Waals surface area contributed by atoms with E-state index in [0.29, 0.717) is 6.61 Å². The van der Waals surface area contributed by atoms with Crippen molar-refractivity contribution < 1.29 is 9.53 Å². The van der Waals surface area contributed by atoms with Crippen LogP contribution in [0.1, 0.15) is 22.8 Å². The zero-order chi connectivity index (χ0) is 16.9. The van der Waals surface area contributed by atoms with E-state index >= 15 is 0 Å². The minimum Gasteiger partial charge on any atom is -0.490 e. The van der Waals surface area contributed by atoms with Crippen molar-refractivity contribution in [1.82, 2.24) is 9.88 Å². The molecule has 0 radical (unpaired) electrons. The number of likely N-dealkylation sites (N-methyl/N-ethyl adjacent to an activating group) is 1. The fraction of sp³-hybridized carbons (Fsp3) is 0.368. The van der Waals surface area contributed by atoms with E-state index in [-0.39, 0.29) is 11.8 Å². The lowest BCUT2D eigenvalue weighted by Gasteiger charge is -2.24. The maximum Gasteiger partial charge on any atom is 0.179 e. The maximum atomic E-state index is 12.8. The van der Waals surface area contributed by atoms with E-state index in [1.54, 1.807) is 12.4 Å². The number of hydrogen-bond donors (Lipinski definition) is 1. The molecule has 126 valence electrons. The van der Waals surface area contributed by atoms with E-state index in [9.17, 15) is 4.79 Å². The van der Waals surface area contributed by atoms with Crippen molar-refractivity contribution >= 4 is 11.5 Å². The third kappa shape index (κ3) is 3.74. The van der Waals surface area contributed by atoms with Gasteiger partial charge in [0.1, 0.15) is 12.4 Å². The van der Waals surface area contributed by atoms with E-state index in [4.69, 9.17) is 4.74 Å². The second-order valence-electron chi connectivity index (χ2n) is 6.11. The molecule has 0 fully saturated rings. The van der Waals surface area contributed by atoms with Gasteiger partial charge >= 0.3 is 0 Å². The average molecular weight is 325 g/mol. The van der Waals surface area contributed by atoms with E-state index in [2.05, 4.69) is 15.2 Å². The summed E-state index contributed by atoms with van der Waals surface area (Å²) in [5.74, 6) is 0.943. The molecule has 3 rings (SSSR count). The van der Waals surface area contributed by atoms with Crippen LogP contribution in [0.5, 0.6) is 5.75 Å². The van der Waals surface area contributed by atoms with Gasteiger partial charge in [0.2, 0.25) is 0 Å². The number of nitrogens with zero attached hydrogens (tertiary/aromatic N) is 2. The average Bonchev–Trinajstić information content (AvgIpc) is 2.65. The predicted octanol–water partition coefficient (Wildman–Crippen LogP) is 2.63. The number of ketones is 1. The Morgan fingerprint density at radius 1 is 1.33 bits per heavy atom. The Hall–Kier alpha value is -2.40. The SMILES string of the molecule is CC(C(=O)c1ccc2c(c1)NCCO2)N(C)CCc1ccncc1. The molecule has 0 aliphatic carbocycles. The molecule has 2 heterocycles. The van der Waals surface area contributed by atoms with Gasteiger partial charge in [0, 0.05) is 31.0 Å². The van der Waals surface area contributed by atoms with Crippen molar-refractivity contribution in [3.63, 3.8) is 0 Å². The van der Waals surface area contributed by atoms with Crippen molar-refractivity contribution in [2.24, 2.45) is 0 Å². The van der Waals surface area contributed by atoms with Crippen LogP contribution in [0.4, 0.5) is 5.69 Å². The fourth-order valence-corrected chi connectivity index (χ4v) is 2.78. The highest BCUT2D eigenvalue weighted by Crippen LogP contribution is 2.28. The zero-order valence-electron chi connectivity index (χ0n) is 14.2. The number of ether oxygens (including phenoxy) is 1. The van der Waals surface area contributed by atoms with Gasteiger partial charge in [-0.3, -0.25) is 14.7 Å². The number of nitrogens with one attached hydrogen (secondary N) is 1. The lowest BCUT2D eigenvalue weighted by molar-refractivity contribution is 0.0870. The molecule has 5 nitrogen and oxygen atoms in total. The number of carbonyl (C=O) groups excluding carboxylic acids is 1. The Bertz CT molecular complexity index is 703. The Balaban J connectivity index is 1.63. The summed E-state index contributed by atoms with van der Waals surface area (Å²) in [5.41, 5.74) is 2.85. The smallest absolute Gasteiger partial charge is 0.179 e. The number of rotatable bonds is 6. The first kappa shape index (κ1) is 16.5. The van der Waals surface area contributed by atoms with E-state index < -0.39 is 0 Å². The summed E-state index contributed by atoms with van der Waals surface area (Å²) in [5, 5.41) is 3.28. The summed E-state index contributed by atoms with van der Waals surface area (Å²) < 4.78 is 5.56. The second-order valence-corrected chi connectivity index (χ2v) is 6.11. The third-order valence-electron chi connectivity index (χ3n) is 4.48. The molecule has 1 aliphatic rings. The molecule has 1 N–H and O–H groups in total. The highest BCUT2D eigenvalue weighted by atomic mass is 16.5. The van der Waals surface area contributed by atoms with Crippen LogP contribution in [0, 0.1) is 0 Å². The molecule has 1 unspecified atom stereocenters. The number of Topliss-reactive ketones (excluding diaryl/α,β-unsaturated/α-hetero) is 1. The van der Waals surface area contributed by atoms with Gasteiger partial charge in [0.25, 0.3) is 0 Å². The molecule has 1 aromatic carbocycles. The van der Waals surface area contributed by atoms with Crippen molar-refractivity contribution in [3.05, 3.63) is 53.9 Å². The number of hydrogen-bond acceptors (Lipinski definition) is 5. The predicted molar refractivity (Wildman–Crippen MR) is 94.8 cm³/mol. The van der Waals surface area contributed by atoms with Crippen LogP contribution in [0.2, 0.25) is 0 Å². The minimum atomic E-state index is -0.172. The summed E-state index contributed by atoms with van der Waals surface area (Å²) in [4.78, 5) is 18.9. The van der Waals surface area contributed by atoms with Crippen LogP contribution in [-0.2, 0) is 6.42 Å². The molecule has 0 bridgehead atoms. The summed E-state index contributed by atoms with van der Waals surface area (Å²) in [6.45, 7) is 4.21. The molecule has 0 amide bonds. The summed E-state index contributed by atoms with van der Waals surface area (Å²) in [6, 6.07) is 9.46. The fourth-order valence-electron chi connectivity index (χ4n) is 2.78. The third-order valence-corrected chi connectivity index (χ3v) is 4.48. The van der Waals surface area contributed by atoms with Gasteiger partial charge in [-0.05, 0) is 56.3 Å². The summed E-state index contributed by atoms with van der Waals surface area (Å²) in [6.07, 6.45) is 4.49. The first-order valence-electron chi connectivity index (χ1n) is 8.29. The number of benzene rings is 1. The lowest BCUT2D eigenvalue weighted by atomic mass is 10.0. The number of anilines is 1. The molecule has 2 aromatic rings. The summed E-state index contributed by atoms with van der Waals surface area (Å²) >= 11 is 0. The van der Waals surface area contributed by atoms with Gasteiger partial charge in [0.05, 0.1) is 11.7 Å². The molecular formula is C19H23N3O2. The van der Waals surface area contributed by atoms with Crippen LogP contribution in [0.15, 0.2) is 42.7 Å². The first-order valence-corrected chi connectivity index (χ1v) is 8.29. The molecule has 0 saturated carbocycles. The van der Waals surface area contributed by atoms with Crippen molar-refractivity contribution in [1.29, 1.82) is 0 Å². The number of fused-ring (bicyclic) bond motifs is 1. The van der Waals surface area contributed by atoms with Crippen molar-refractivity contribution in [2.75, 3.05) is 32.1 Å². The minimum absolute atomic E-state index is 0.127. The monoisotopic (exact) mass is 325 g/mol. The molecule has 0 saturated heterocycles. The van der Waals surface area contributed by atoms with Crippen LogP contribution in [0.25, 0.3) is 0 Å². The number of pyridine rings is 1. The second kappa shape index (κ2) is 7.45. The van der Waals surface area contributed by atoms with E-state index in [1.165, 1.54) is 5.56 Å². The molecular weight excluding hydrogens is 302 g/mol. The summed E-state index contributed by atoms with van der Waals surface area (Å²) in [7, 11) is 1.99. The highest BCUT2D eigenvalue weighted by Gasteiger charge is 2.21. The number of aromatic nitrogens is 1. The molecule has 0 spiro atoms. The van der Waals surface area contributed by atoms with Crippen LogP contribution >= 0.6 is 0 Å². The topological polar surface area (TPSA) is 54.5 Å². The lowest BCUT2D eigenvalue weighted by Crippen LogP contribution is -2.37. The van der Waals surface area contributed by atoms with Crippen LogP contribution in [-0.4, -0.2) is 48.5 Å². The Morgan fingerprint density at radius 3 is 2.92 bits per heavy atom. The molecule has 1 aromatic heterocycles. The molecule has 1 atom stereocenters. The zero-order valence-corrected chi connectivity index (χ0v) is 14.2. The molecule has 1 aliphatic heterocycles. The standard InChI is InChI=1S/C19H23N3O2/c1-14(22(2)11-7-15-5-8-20-9-6-15)19(23)16-3-4-18-17(13-16)21-10-12-24-18/h3-6,8-9,13-14,21H,7,10-12H2,1-2H3. The Morgan fingerprint density at radius 2 is 2.12 bits per heavy atom. The Labute approximate surface area is 142 Å². The van der Waals surface area contributed by atoms with Gasteiger partial charge in [-0.1, -0.05) is 0 Å². The van der Waals surface area contributed by atoms with Gasteiger partial charge in [-0.2, -0.15) is 0 Å². The van der Waals surface area contributed by atoms with E-state index in [1.807, 2.05) is 44.3 Å².